The fourth-order valence-electron chi connectivity index (χ4n) is 3.59. The molecule has 0 aliphatic heterocycles. The maximum Gasteiger partial charge on any atom is 0.259 e. The molecule has 2 heterocycles. The molecule has 5 aromatic rings. The minimum absolute atomic E-state index is 0.209. The molecule has 1 amide bonds. The Kier molecular flexibility index (Phi) is 5.71. The predicted octanol–water partition coefficient (Wildman–Crippen LogP) is 3.95. The topological polar surface area (TPSA) is 101 Å². The summed E-state index contributed by atoms with van der Waals surface area (Å²) in [6, 6.07) is 27.4. The molecule has 0 unspecified atom stereocenters. The standard InChI is InChI=1S/C25H21N7O/c33-25(26-21-13-11-18(12-14-21)15-23-27-30-31-28-23)22-17-32(16-19-7-3-1-4-8-19)29-24(22)20-9-5-2-6-10-20/h1-14,17H,15-16H2,(H,26,33)(H,27,28,30,31). The first-order chi connectivity index (χ1) is 16.2. The van der Waals surface area contributed by atoms with Crippen molar-refractivity contribution in [2.45, 2.75) is 13.0 Å². The number of H-pyrrole nitrogens is 1. The maximum absolute atomic E-state index is 13.2. The number of aromatic amines is 1. The van der Waals surface area contributed by atoms with Gasteiger partial charge in [0.15, 0.2) is 5.82 Å². The molecule has 0 saturated carbocycles. The first-order valence-corrected chi connectivity index (χ1v) is 10.5. The summed E-state index contributed by atoms with van der Waals surface area (Å²) in [6.07, 6.45) is 2.37. The van der Waals surface area contributed by atoms with E-state index < -0.39 is 0 Å². The fourth-order valence-corrected chi connectivity index (χ4v) is 3.59. The van der Waals surface area contributed by atoms with Crippen LogP contribution in [-0.4, -0.2) is 36.3 Å². The quantitative estimate of drug-likeness (QED) is 0.403. The molecule has 162 valence electrons. The minimum Gasteiger partial charge on any atom is -0.322 e. The van der Waals surface area contributed by atoms with E-state index in [9.17, 15) is 4.79 Å². The van der Waals surface area contributed by atoms with E-state index in [-0.39, 0.29) is 5.91 Å². The number of nitrogens with one attached hydrogen (secondary N) is 2. The molecule has 8 heteroatoms. The molecular weight excluding hydrogens is 414 g/mol. The summed E-state index contributed by atoms with van der Waals surface area (Å²) >= 11 is 0. The minimum atomic E-state index is -0.209. The predicted molar refractivity (Wildman–Crippen MR) is 125 cm³/mol. The highest BCUT2D eigenvalue weighted by Crippen LogP contribution is 2.24. The Morgan fingerprint density at radius 1 is 0.879 bits per heavy atom. The monoisotopic (exact) mass is 435 g/mol. The average molecular weight is 435 g/mol. The molecule has 33 heavy (non-hydrogen) atoms. The number of carbonyl (C=O) groups is 1. The molecule has 8 nitrogen and oxygen atoms in total. The summed E-state index contributed by atoms with van der Waals surface area (Å²) < 4.78 is 1.81. The second-order valence-corrected chi connectivity index (χ2v) is 7.60. The van der Waals surface area contributed by atoms with E-state index >= 15 is 0 Å². The Morgan fingerprint density at radius 3 is 2.30 bits per heavy atom. The van der Waals surface area contributed by atoms with Gasteiger partial charge in [0, 0.05) is 23.9 Å². The van der Waals surface area contributed by atoms with Crippen LogP contribution >= 0.6 is 0 Å². The van der Waals surface area contributed by atoms with Crippen molar-refractivity contribution >= 4 is 11.6 Å². The van der Waals surface area contributed by atoms with Crippen LogP contribution in [-0.2, 0) is 13.0 Å². The molecule has 0 saturated heterocycles. The highest BCUT2D eigenvalue weighted by Gasteiger charge is 2.18. The van der Waals surface area contributed by atoms with Crippen LogP contribution in [0.3, 0.4) is 0 Å². The van der Waals surface area contributed by atoms with Gasteiger partial charge in [-0.3, -0.25) is 9.48 Å². The summed E-state index contributed by atoms with van der Waals surface area (Å²) in [7, 11) is 0. The van der Waals surface area contributed by atoms with Gasteiger partial charge in [-0.15, -0.1) is 10.2 Å². The number of amides is 1. The zero-order valence-corrected chi connectivity index (χ0v) is 17.7. The van der Waals surface area contributed by atoms with Crippen LogP contribution in [0.2, 0.25) is 0 Å². The lowest BCUT2D eigenvalue weighted by molar-refractivity contribution is 0.102. The van der Waals surface area contributed by atoms with Crippen molar-refractivity contribution in [2.75, 3.05) is 5.32 Å². The lowest BCUT2D eigenvalue weighted by Gasteiger charge is -2.06. The van der Waals surface area contributed by atoms with Crippen LogP contribution in [0.4, 0.5) is 5.69 Å². The Hall–Kier alpha value is -4.59. The summed E-state index contributed by atoms with van der Waals surface area (Å²) in [4.78, 5) is 13.2. The largest absolute Gasteiger partial charge is 0.322 e. The summed E-state index contributed by atoms with van der Waals surface area (Å²) in [5.41, 5.74) is 4.90. The van der Waals surface area contributed by atoms with Crippen molar-refractivity contribution in [3.05, 3.63) is 114 Å². The van der Waals surface area contributed by atoms with Crippen LogP contribution in [0, 0.1) is 0 Å². The normalized spacial score (nSPS) is 10.8. The average Bonchev–Trinajstić information content (AvgIpc) is 3.52. The van der Waals surface area contributed by atoms with Gasteiger partial charge in [0.05, 0.1) is 12.1 Å². The lowest BCUT2D eigenvalue weighted by atomic mass is 10.1. The number of anilines is 1. The molecule has 5 rings (SSSR count). The van der Waals surface area contributed by atoms with Gasteiger partial charge in [-0.25, -0.2) is 0 Å². The third-order valence-electron chi connectivity index (χ3n) is 5.20. The van der Waals surface area contributed by atoms with Crippen LogP contribution in [0.5, 0.6) is 0 Å². The summed E-state index contributed by atoms with van der Waals surface area (Å²) in [6.45, 7) is 0.582. The number of rotatable bonds is 7. The van der Waals surface area contributed by atoms with Gasteiger partial charge in [0.1, 0.15) is 5.69 Å². The van der Waals surface area contributed by atoms with Crippen molar-refractivity contribution in [2.24, 2.45) is 0 Å². The third kappa shape index (κ3) is 4.85. The molecule has 0 aliphatic carbocycles. The van der Waals surface area contributed by atoms with E-state index in [0.29, 0.717) is 35.7 Å². The summed E-state index contributed by atoms with van der Waals surface area (Å²) in [5.74, 6) is 0.407. The molecule has 2 N–H and O–H groups in total. The number of nitrogens with zero attached hydrogens (tertiary/aromatic N) is 5. The van der Waals surface area contributed by atoms with Gasteiger partial charge >= 0.3 is 0 Å². The van der Waals surface area contributed by atoms with E-state index in [1.165, 1.54) is 0 Å². The Bertz CT molecular complexity index is 1330. The Labute approximate surface area is 190 Å². The number of aromatic nitrogens is 6. The Morgan fingerprint density at radius 2 is 1.61 bits per heavy atom. The number of hydrogen-bond donors (Lipinski definition) is 2. The molecule has 0 spiro atoms. The van der Waals surface area contributed by atoms with E-state index in [2.05, 4.69) is 25.9 Å². The maximum atomic E-state index is 13.2. The molecular formula is C25H21N7O. The number of benzene rings is 3. The molecule has 3 aromatic carbocycles. The Balaban J connectivity index is 1.38. The molecule has 2 aromatic heterocycles. The van der Waals surface area contributed by atoms with Crippen LogP contribution in [0.1, 0.15) is 27.3 Å². The summed E-state index contributed by atoms with van der Waals surface area (Å²) in [5, 5.41) is 21.7. The highest BCUT2D eigenvalue weighted by molar-refractivity contribution is 6.08. The van der Waals surface area contributed by atoms with E-state index in [0.717, 1.165) is 16.7 Å². The van der Waals surface area contributed by atoms with Crippen LogP contribution in [0.15, 0.2) is 91.1 Å². The molecule has 0 radical (unpaired) electrons. The SMILES string of the molecule is O=C(Nc1ccc(Cc2nn[nH]n2)cc1)c1cn(Cc2ccccc2)nc1-c1ccccc1. The van der Waals surface area contributed by atoms with Gasteiger partial charge in [0.2, 0.25) is 0 Å². The zero-order chi connectivity index (χ0) is 22.5. The van der Waals surface area contributed by atoms with Crippen molar-refractivity contribution in [3.8, 4) is 11.3 Å². The van der Waals surface area contributed by atoms with Crippen molar-refractivity contribution < 1.29 is 4.79 Å². The van der Waals surface area contributed by atoms with Gasteiger partial charge < -0.3 is 5.32 Å². The lowest BCUT2D eigenvalue weighted by Crippen LogP contribution is -2.12. The highest BCUT2D eigenvalue weighted by atomic mass is 16.1. The molecule has 0 bridgehead atoms. The first-order valence-electron chi connectivity index (χ1n) is 10.5. The van der Waals surface area contributed by atoms with Crippen LogP contribution < -0.4 is 5.32 Å². The molecule has 0 fully saturated rings. The van der Waals surface area contributed by atoms with E-state index in [1.54, 1.807) is 10.9 Å². The van der Waals surface area contributed by atoms with Gasteiger partial charge in [-0.05, 0) is 23.3 Å². The fraction of sp³-hybridized carbons (Fsp3) is 0.0800. The van der Waals surface area contributed by atoms with E-state index in [1.807, 2.05) is 84.9 Å². The number of tetrazole rings is 1. The zero-order valence-electron chi connectivity index (χ0n) is 17.7. The number of hydrogen-bond acceptors (Lipinski definition) is 5. The second kappa shape index (κ2) is 9.27. The van der Waals surface area contributed by atoms with Crippen molar-refractivity contribution in [1.82, 2.24) is 30.4 Å². The molecule has 0 aliphatic rings. The third-order valence-corrected chi connectivity index (χ3v) is 5.20. The van der Waals surface area contributed by atoms with E-state index in [4.69, 9.17) is 5.10 Å². The number of carbonyl (C=O) groups excluding carboxylic acids is 1. The van der Waals surface area contributed by atoms with Crippen LogP contribution in [0.25, 0.3) is 11.3 Å². The van der Waals surface area contributed by atoms with Gasteiger partial charge in [0.25, 0.3) is 5.91 Å². The van der Waals surface area contributed by atoms with Gasteiger partial charge in [-0.2, -0.15) is 10.3 Å². The van der Waals surface area contributed by atoms with Crippen molar-refractivity contribution in [1.29, 1.82) is 0 Å². The van der Waals surface area contributed by atoms with Crippen molar-refractivity contribution in [3.63, 3.8) is 0 Å². The van der Waals surface area contributed by atoms with Gasteiger partial charge in [-0.1, -0.05) is 78.0 Å². The first kappa shape index (κ1) is 20.3. The smallest absolute Gasteiger partial charge is 0.259 e. The second-order valence-electron chi connectivity index (χ2n) is 7.60. The molecule has 0 atom stereocenters.